The summed E-state index contributed by atoms with van der Waals surface area (Å²) in [6.45, 7) is 5.65. The largest absolute Gasteiger partial charge is 0.493 e. The van der Waals surface area contributed by atoms with Gasteiger partial charge in [0.1, 0.15) is 17.4 Å². The summed E-state index contributed by atoms with van der Waals surface area (Å²) < 4.78 is 10.8. The van der Waals surface area contributed by atoms with Gasteiger partial charge in [0.15, 0.2) is 0 Å². The van der Waals surface area contributed by atoms with Crippen LogP contribution in [0.1, 0.15) is 39.2 Å². The van der Waals surface area contributed by atoms with Crippen molar-refractivity contribution in [3.8, 4) is 5.75 Å². The highest BCUT2D eigenvalue weighted by Crippen LogP contribution is 2.27. The maximum atomic E-state index is 11.8. The number of nitrogens with one attached hydrogen (secondary N) is 1. The second-order valence-corrected chi connectivity index (χ2v) is 6.68. The lowest BCUT2D eigenvalue weighted by molar-refractivity contribution is -0.139. The molecule has 0 unspecified atom stereocenters. The summed E-state index contributed by atoms with van der Waals surface area (Å²) in [4.78, 5) is 23.3. The average Bonchev–Trinajstić information content (AvgIpc) is 2.66. The highest BCUT2D eigenvalue weighted by Gasteiger charge is 2.25. The van der Waals surface area contributed by atoms with Gasteiger partial charge in [-0.3, -0.25) is 0 Å². The monoisotopic (exact) mass is 333 g/mol. The van der Waals surface area contributed by atoms with E-state index in [1.807, 2.05) is 30.3 Å². The summed E-state index contributed by atoms with van der Waals surface area (Å²) in [5.74, 6) is -0.320. The number of alkyl carbamates (subject to hydrolysis) is 1. The van der Waals surface area contributed by atoms with E-state index in [1.165, 1.54) is 0 Å². The number of carbonyl (C=O) groups excluding carboxylic acids is 1. The number of benzene rings is 1. The Hall–Kier alpha value is -2.50. The Balaban J connectivity index is 2.09. The topological polar surface area (TPSA) is 84.9 Å². The van der Waals surface area contributed by atoms with Gasteiger partial charge >= 0.3 is 12.1 Å². The Morgan fingerprint density at radius 1 is 1.33 bits per heavy atom. The highest BCUT2D eigenvalue weighted by molar-refractivity contribution is 5.80. The van der Waals surface area contributed by atoms with Gasteiger partial charge in [-0.15, -0.1) is 0 Å². The molecule has 0 spiro atoms. The van der Waals surface area contributed by atoms with E-state index in [0.29, 0.717) is 13.0 Å². The van der Waals surface area contributed by atoms with Gasteiger partial charge < -0.3 is 19.9 Å². The summed E-state index contributed by atoms with van der Waals surface area (Å²) >= 11 is 0. The van der Waals surface area contributed by atoms with Crippen LogP contribution in [0.2, 0.25) is 0 Å². The van der Waals surface area contributed by atoms with Crippen LogP contribution in [-0.4, -0.2) is 35.4 Å². The molecule has 0 saturated carbocycles. The van der Waals surface area contributed by atoms with Gasteiger partial charge in [-0.1, -0.05) is 29.8 Å². The van der Waals surface area contributed by atoms with Crippen LogP contribution in [0.15, 0.2) is 29.8 Å². The lowest BCUT2D eigenvalue weighted by Crippen LogP contribution is -2.43. The summed E-state index contributed by atoms with van der Waals surface area (Å²) in [5, 5.41) is 11.8. The van der Waals surface area contributed by atoms with Crippen molar-refractivity contribution in [3.63, 3.8) is 0 Å². The second kappa shape index (κ2) is 7.38. The normalized spacial score (nSPS) is 15.2. The van der Waals surface area contributed by atoms with E-state index in [0.717, 1.165) is 16.9 Å². The number of ether oxygens (including phenoxy) is 2. The highest BCUT2D eigenvalue weighted by atomic mass is 16.6. The minimum Gasteiger partial charge on any atom is -0.493 e. The van der Waals surface area contributed by atoms with Crippen molar-refractivity contribution in [3.05, 3.63) is 35.4 Å². The number of carbonyl (C=O) groups is 2. The minimum atomic E-state index is -1.10. The molecule has 1 heterocycles. The van der Waals surface area contributed by atoms with Gasteiger partial charge in [0.2, 0.25) is 0 Å². The van der Waals surface area contributed by atoms with Crippen molar-refractivity contribution < 1.29 is 24.2 Å². The van der Waals surface area contributed by atoms with Crippen molar-refractivity contribution >= 4 is 18.1 Å². The van der Waals surface area contributed by atoms with Gasteiger partial charge in [0, 0.05) is 12.0 Å². The maximum Gasteiger partial charge on any atom is 0.408 e. The second-order valence-electron chi connectivity index (χ2n) is 6.68. The lowest BCUT2D eigenvalue weighted by atomic mass is 10.0. The molecule has 6 heteroatoms. The van der Waals surface area contributed by atoms with E-state index < -0.39 is 23.7 Å². The summed E-state index contributed by atoms with van der Waals surface area (Å²) in [6.07, 6.45) is 2.00. The van der Waals surface area contributed by atoms with E-state index in [4.69, 9.17) is 9.47 Å². The van der Waals surface area contributed by atoms with Crippen LogP contribution in [-0.2, 0) is 9.53 Å². The van der Waals surface area contributed by atoms with Crippen molar-refractivity contribution in [1.29, 1.82) is 0 Å². The summed E-state index contributed by atoms with van der Waals surface area (Å²) in [7, 11) is 0. The molecule has 24 heavy (non-hydrogen) atoms. The molecule has 0 bridgehead atoms. The fraction of sp³-hybridized carbons (Fsp3) is 0.444. The number of fused-ring (bicyclic) bond motifs is 1. The van der Waals surface area contributed by atoms with E-state index in [-0.39, 0.29) is 6.42 Å². The molecular weight excluding hydrogens is 310 g/mol. The molecule has 130 valence electrons. The van der Waals surface area contributed by atoms with Crippen LogP contribution in [0.5, 0.6) is 5.75 Å². The maximum absolute atomic E-state index is 11.8. The first kappa shape index (κ1) is 17.8. The number of hydrogen-bond acceptors (Lipinski definition) is 4. The van der Waals surface area contributed by atoms with Crippen molar-refractivity contribution in [2.24, 2.45) is 0 Å². The standard InChI is InChI=1S/C18H23NO5/c1-18(2,3)24-17(22)19-14(16(20)21)11-12-8-9-23-15-7-5-4-6-13(15)10-12/h4-7,10,14H,8-9,11H2,1-3H3,(H,19,22)(H,20,21)/t14-/m0/s1. The molecule has 1 aromatic rings. The Morgan fingerprint density at radius 3 is 2.71 bits per heavy atom. The average molecular weight is 333 g/mol. The number of para-hydroxylation sites is 1. The molecule has 0 aromatic heterocycles. The molecule has 1 atom stereocenters. The Bertz CT molecular complexity index is 645. The Morgan fingerprint density at radius 2 is 2.04 bits per heavy atom. The van der Waals surface area contributed by atoms with Crippen molar-refractivity contribution in [2.75, 3.05) is 6.61 Å². The SMILES string of the molecule is CC(C)(C)OC(=O)N[C@@H](CC1=Cc2ccccc2OCC1)C(=O)O. The van der Waals surface area contributed by atoms with E-state index >= 15 is 0 Å². The number of amides is 1. The van der Waals surface area contributed by atoms with Gasteiger partial charge in [0.25, 0.3) is 0 Å². The van der Waals surface area contributed by atoms with Crippen molar-refractivity contribution in [1.82, 2.24) is 5.32 Å². The third kappa shape index (κ3) is 5.30. The molecule has 1 aliphatic rings. The fourth-order valence-corrected chi connectivity index (χ4v) is 2.39. The zero-order valence-electron chi connectivity index (χ0n) is 14.2. The molecule has 0 saturated heterocycles. The fourth-order valence-electron chi connectivity index (χ4n) is 2.39. The zero-order chi connectivity index (χ0) is 17.7. The number of carboxylic acids is 1. The number of rotatable bonds is 4. The number of hydrogen-bond donors (Lipinski definition) is 2. The molecule has 2 N–H and O–H groups in total. The first-order valence-corrected chi connectivity index (χ1v) is 7.88. The number of aliphatic carboxylic acids is 1. The molecule has 1 amide bonds. The van der Waals surface area contributed by atoms with Crippen molar-refractivity contribution in [2.45, 2.75) is 45.3 Å². The minimum absolute atomic E-state index is 0.201. The van der Waals surface area contributed by atoms with Crippen LogP contribution >= 0.6 is 0 Å². The molecule has 1 aromatic carbocycles. The van der Waals surface area contributed by atoms with E-state index in [9.17, 15) is 14.7 Å². The van der Waals surface area contributed by atoms with Crippen LogP contribution in [0, 0.1) is 0 Å². The molecule has 0 aliphatic carbocycles. The summed E-state index contributed by atoms with van der Waals surface area (Å²) in [5.41, 5.74) is 1.14. The predicted molar refractivity (Wildman–Crippen MR) is 89.9 cm³/mol. The lowest BCUT2D eigenvalue weighted by Gasteiger charge is -2.22. The first-order valence-electron chi connectivity index (χ1n) is 7.88. The van der Waals surface area contributed by atoms with Crippen LogP contribution < -0.4 is 10.1 Å². The number of carboxylic acid groups (broad SMARTS) is 1. The van der Waals surface area contributed by atoms with Gasteiger partial charge in [-0.05, 0) is 33.3 Å². The van der Waals surface area contributed by atoms with Gasteiger partial charge in [-0.25, -0.2) is 9.59 Å². The van der Waals surface area contributed by atoms with E-state index in [1.54, 1.807) is 20.8 Å². The predicted octanol–water partition coefficient (Wildman–Crippen LogP) is 3.22. The van der Waals surface area contributed by atoms with Crippen LogP contribution in [0.25, 0.3) is 6.08 Å². The molecule has 0 fully saturated rings. The van der Waals surface area contributed by atoms with Gasteiger partial charge in [0.05, 0.1) is 6.61 Å². The molecule has 6 nitrogen and oxygen atoms in total. The van der Waals surface area contributed by atoms with Gasteiger partial charge in [-0.2, -0.15) is 0 Å². The molecule has 1 aliphatic heterocycles. The van der Waals surface area contributed by atoms with E-state index in [2.05, 4.69) is 5.32 Å². The zero-order valence-corrected chi connectivity index (χ0v) is 14.2. The Labute approximate surface area is 141 Å². The molecule has 2 rings (SSSR count). The third-order valence-electron chi connectivity index (χ3n) is 3.41. The smallest absolute Gasteiger partial charge is 0.408 e. The van der Waals surface area contributed by atoms with Crippen LogP contribution in [0.3, 0.4) is 0 Å². The molecular formula is C18H23NO5. The molecule has 0 radical (unpaired) electrons. The quantitative estimate of drug-likeness (QED) is 0.884. The Kier molecular flexibility index (Phi) is 5.49. The first-order chi connectivity index (χ1) is 11.2. The third-order valence-corrected chi connectivity index (χ3v) is 3.41. The summed E-state index contributed by atoms with van der Waals surface area (Å²) in [6, 6.07) is 6.54. The van der Waals surface area contributed by atoms with Crippen LogP contribution in [0.4, 0.5) is 4.79 Å².